The van der Waals surface area contributed by atoms with Gasteiger partial charge in [-0.3, -0.25) is 24.0 Å². The molecular formula is C40H59N7O5. The molecule has 4 rings (SSSR count). The molecule has 2 aliphatic rings. The third kappa shape index (κ3) is 11.6. The Balaban J connectivity index is 1.44. The monoisotopic (exact) mass is 717 g/mol. The minimum absolute atomic E-state index is 0.0452. The minimum atomic E-state index is -0.989. The number of rotatable bonds is 18. The number of nitrogens with two attached hydrogens (primary N) is 2. The summed E-state index contributed by atoms with van der Waals surface area (Å²) in [5, 5.41) is 8.75. The zero-order valence-corrected chi connectivity index (χ0v) is 31.2. The topological polar surface area (TPSA) is 180 Å². The van der Waals surface area contributed by atoms with Crippen molar-refractivity contribution >= 4 is 29.5 Å². The van der Waals surface area contributed by atoms with Crippen LogP contribution in [0.4, 0.5) is 0 Å². The molecule has 2 aliphatic heterocycles. The second-order valence-electron chi connectivity index (χ2n) is 15.0. The van der Waals surface area contributed by atoms with Gasteiger partial charge in [-0.05, 0) is 68.5 Å². The first-order valence-electron chi connectivity index (χ1n) is 18.9. The largest absolute Gasteiger partial charge is 0.343 e. The average Bonchev–Trinajstić information content (AvgIpc) is 3.12. The third-order valence-electron chi connectivity index (χ3n) is 10.3. The maximum absolute atomic E-state index is 14.0. The van der Waals surface area contributed by atoms with Crippen LogP contribution in [-0.4, -0.2) is 96.2 Å². The standard InChI is InChI=1S/C40H59N7O5/c1-4-35(48)47-26-40(27-47)18-21-46(22-19-40)39(52)32(17-11-12-20-41)43-37(50)33(23-28(2)3)45-38(51)34(25-30-15-9-6-10-16-30)44-36(49)31(42)24-29-13-7-5-8-14-29/h5-10,13-16,28,31-34H,4,11-12,17-27,41-42H2,1-3H3,(H,43,50)(H,44,49)(H,45,51). The van der Waals surface area contributed by atoms with Crippen molar-refractivity contribution in [2.45, 2.75) is 103 Å². The van der Waals surface area contributed by atoms with Gasteiger partial charge < -0.3 is 37.2 Å². The Labute approximate surface area is 308 Å². The van der Waals surface area contributed by atoms with Gasteiger partial charge in [-0.25, -0.2) is 0 Å². The Kier molecular flexibility index (Phi) is 15.2. The van der Waals surface area contributed by atoms with Crippen LogP contribution in [0, 0.1) is 11.3 Å². The zero-order chi connectivity index (χ0) is 37.7. The number of piperidine rings is 1. The molecule has 2 saturated heterocycles. The van der Waals surface area contributed by atoms with Crippen LogP contribution >= 0.6 is 0 Å². The van der Waals surface area contributed by atoms with Crippen molar-refractivity contribution in [3.05, 3.63) is 71.8 Å². The molecule has 52 heavy (non-hydrogen) atoms. The summed E-state index contributed by atoms with van der Waals surface area (Å²) in [6.07, 6.45) is 4.76. The van der Waals surface area contributed by atoms with Crippen LogP contribution in [-0.2, 0) is 36.8 Å². The second-order valence-corrected chi connectivity index (χ2v) is 15.0. The summed E-state index contributed by atoms with van der Waals surface area (Å²) < 4.78 is 0. The SMILES string of the molecule is CCC(=O)N1CC2(CCN(C(=O)C(CCCCN)NC(=O)C(CC(C)C)NC(=O)C(Cc3ccccc3)NC(=O)C(N)Cc3ccccc3)CC2)C1. The van der Waals surface area contributed by atoms with E-state index in [1.807, 2.05) is 91.2 Å². The van der Waals surface area contributed by atoms with Gasteiger partial charge in [0.05, 0.1) is 6.04 Å². The number of likely N-dealkylation sites (tertiary alicyclic amines) is 2. The molecule has 2 fully saturated rings. The molecule has 1 spiro atoms. The van der Waals surface area contributed by atoms with E-state index in [4.69, 9.17) is 11.5 Å². The second kappa shape index (κ2) is 19.5. The number of carbonyl (C=O) groups is 5. The molecule has 12 heteroatoms. The van der Waals surface area contributed by atoms with Gasteiger partial charge in [-0.15, -0.1) is 0 Å². The fourth-order valence-corrected chi connectivity index (χ4v) is 7.20. The van der Waals surface area contributed by atoms with Crippen LogP contribution in [0.25, 0.3) is 0 Å². The predicted molar refractivity (Wildman–Crippen MR) is 202 cm³/mol. The molecule has 7 N–H and O–H groups in total. The molecule has 2 aromatic rings. The number of unbranched alkanes of at least 4 members (excludes halogenated alkanes) is 1. The van der Waals surface area contributed by atoms with Crippen molar-refractivity contribution in [2.75, 3.05) is 32.7 Å². The van der Waals surface area contributed by atoms with E-state index < -0.39 is 41.9 Å². The first kappa shape index (κ1) is 40.5. The molecule has 284 valence electrons. The lowest BCUT2D eigenvalue weighted by atomic mass is 9.71. The maximum atomic E-state index is 14.0. The van der Waals surface area contributed by atoms with Crippen LogP contribution in [0.3, 0.4) is 0 Å². The maximum Gasteiger partial charge on any atom is 0.245 e. The van der Waals surface area contributed by atoms with E-state index in [1.165, 1.54) is 0 Å². The van der Waals surface area contributed by atoms with E-state index >= 15 is 0 Å². The van der Waals surface area contributed by atoms with Crippen LogP contribution in [0.2, 0.25) is 0 Å². The first-order valence-corrected chi connectivity index (χ1v) is 18.9. The smallest absolute Gasteiger partial charge is 0.245 e. The summed E-state index contributed by atoms with van der Waals surface area (Å²) in [5.41, 5.74) is 13.9. The normalized spacial score (nSPS) is 17.4. The Morgan fingerprint density at radius 1 is 0.731 bits per heavy atom. The molecule has 2 heterocycles. The molecule has 0 radical (unpaired) electrons. The number of nitrogens with one attached hydrogen (secondary N) is 3. The summed E-state index contributed by atoms with van der Waals surface area (Å²) in [4.78, 5) is 71.0. The van der Waals surface area contributed by atoms with E-state index in [9.17, 15) is 24.0 Å². The van der Waals surface area contributed by atoms with Crippen molar-refractivity contribution in [2.24, 2.45) is 22.8 Å². The van der Waals surface area contributed by atoms with Gasteiger partial charge in [-0.2, -0.15) is 0 Å². The van der Waals surface area contributed by atoms with Gasteiger partial charge in [0.1, 0.15) is 18.1 Å². The molecule has 0 saturated carbocycles. The zero-order valence-electron chi connectivity index (χ0n) is 31.2. The number of benzene rings is 2. The molecule has 0 aromatic heterocycles. The minimum Gasteiger partial charge on any atom is -0.343 e. The van der Waals surface area contributed by atoms with Gasteiger partial charge in [-0.1, -0.05) is 81.4 Å². The number of nitrogens with zero attached hydrogens (tertiary/aromatic N) is 2. The van der Waals surface area contributed by atoms with E-state index in [-0.39, 0.29) is 29.6 Å². The quantitative estimate of drug-likeness (QED) is 0.147. The van der Waals surface area contributed by atoms with Gasteiger partial charge >= 0.3 is 0 Å². The van der Waals surface area contributed by atoms with E-state index in [1.54, 1.807) is 0 Å². The van der Waals surface area contributed by atoms with Crippen molar-refractivity contribution in [3.63, 3.8) is 0 Å². The number of carbonyl (C=O) groups excluding carboxylic acids is 5. The van der Waals surface area contributed by atoms with Gasteiger partial charge in [0.25, 0.3) is 0 Å². The van der Waals surface area contributed by atoms with Crippen LogP contribution in [0.1, 0.15) is 76.8 Å². The molecule has 5 amide bonds. The van der Waals surface area contributed by atoms with Gasteiger partial charge in [0, 0.05) is 44.4 Å². The Morgan fingerprint density at radius 3 is 1.83 bits per heavy atom. The van der Waals surface area contributed by atoms with E-state index in [0.29, 0.717) is 58.2 Å². The molecule has 4 atom stereocenters. The summed E-state index contributed by atoms with van der Waals surface area (Å²) in [6.45, 7) is 8.87. The molecule has 0 bridgehead atoms. The number of hydrogen-bond donors (Lipinski definition) is 5. The highest BCUT2D eigenvalue weighted by atomic mass is 16.2. The highest BCUT2D eigenvalue weighted by Crippen LogP contribution is 2.40. The van der Waals surface area contributed by atoms with Gasteiger partial charge in [0.2, 0.25) is 29.5 Å². The van der Waals surface area contributed by atoms with Crippen molar-refractivity contribution in [1.82, 2.24) is 25.8 Å². The van der Waals surface area contributed by atoms with Gasteiger partial charge in [0.15, 0.2) is 0 Å². The summed E-state index contributed by atoms with van der Waals surface area (Å²) >= 11 is 0. The van der Waals surface area contributed by atoms with E-state index in [2.05, 4.69) is 16.0 Å². The number of amides is 5. The fraction of sp³-hybridized carbons (Fsp3) is 0.575. The molecule has 2 aromatic carbocycles. The molecular weight excluding hydrogens is 658 g/mol. The first-order chi connectivity index (χ1) is 24.9. The average molecular weight is 718 g/mol. The molecule has 12 nitrogen and oxygen atoms in total. The summed E-state index contributed by atoms with van der Waals surface area (Å²) in [6, 6.07) is 15.2. The lowest BCUT2D eigenvalue weighted by Crippen LogP contribution is -2.63. The lowest BCUT2D eigenvalue weighted by molar-refractivity contribution is -0.151. The highest BCUT2D eigenvalue weighted by Gasteiger charge is 2.47. The lowest BCUT2D eigenvalue weighted by Gasteiger charge is -2.54. The summed E-state index contributed by atoms with van der Waals surface area (Å²) in [5.74, 6) is -1.35. The van der Waals surface area contributed by atoms with Crippen molar-refractivity contribution in [3.8, 4) is 0 Å². The molecule has 4 unspecified atom stereocenters. The Morgan fingerprint density at radius 2 is 1.27 bits per heavy atom. The third-order valence-corrected chi connectivity index (χ3v) is 10.3. The Bertz CT molecular complexity index is 1470. The fourth-order valence-electron chi connectivity index (χ4n) is 7.20. The summed E-state index contributed by atoms with van der Waals surface area (Å²) in [7, 11) is 0. The van der Waals surface area contributed by atoms with Crippen LogP contribution < -0.4 is 27.4 Å². The van der Waals surface area contributed by atoms with Crippen LogP contribution in [0.15, 0.2) is 60.7 Å². The molecule has 0 aliphatic carbocycles. The van der Waals surface area contributed by atoms with E-state index in [0.717, 1.165) is 37.1 Å². The Hall–Kier alpha value is -4.29. The van der Waals surface area contributed by atoms with Crippen LogP contribution in [0.5, 0.6) is 0 Å². The predicted octanol–water partition coefficient (Wildman–Crippen LogP) is 2.29. The van der Waals surface area contributed by atoms with Crippen molar-refractivity contribution in [1.29, 1.82) is 0 Å². The number of hydrogen-bond acceptors (Lipinski definition) is 7. The highest BCUT2D eigenvalue weighted by molar-refractivity contribution is 5.95. The van der Waals surface area contributed by atoms with Crippen molar-refractivity contribution < 1.29 is 24.0 Å².